The number of aryl methyl sites for hydroxylation is 1. The van der Waals surface area contributed by atoms with Crippen molar-refractivity contribution < 1.29 is 14.3 Å². The van der Waals surface area contributed by atoms with Gasteiger partial charge in [0.2, 0.25) is 0 Å². The molecule has 3 aliphatic heterocycles. The van der Waals surface area contributed by atoms with E-state index in [1.807, 2.05) is 33.7 Å². The number of hydrogen-bond donors (Lipinski definition) is 1. The molecule has 0 radical (unpaired) electrons. The number of rotatable bonds is 7. The van der Waals surface area contributed by atoms with Gasteiger partial charge >= 0.3 is 0 Å². The fraction of sp³-hybridized carbons (Fsp3) is 0.409. The van der Waals surface area contributed by atoms with Crippen LogP contribution in [-0.4, -0.2) is 72.6 Å². The summed E-state index contributed by atoms with van der Waals surface area (Å²) in [7, 11) is 3.30. The fourth-order valence-electron chi connectivity index (χ4n) is 3.90. The molecule has 0 bridgehead atoms. The number of H-pyrrole nitrogens is 1. The third kappa shape index (κ3) is 4.41. The monoisotopic (exact) mass is 425 g/mol. The van der Waals surface area contributed by atoms with Gasteiger partial charge in [-0.15, -0.1) is 0 Å². The first-order valence-electron chi connectivity index (χ1n) is 10.4. The molecule has 0 saturated carbocycles. The molecule has 9 nitrogen and oxygen atoms in total. The summed E-state index contributed by atoms with van der Waals surface area (Å²) in [5, 5.41) is 6.58. The second-order valence-corrected chi connectivity index (χ2v) is 7.55. The molecule has 4 rings (SSSR count). The number of hydrogen-bond acceptors (Lipinski definition) is 6. The Bertz CT molecular complexity index is 1050. The van der Waals surface area contributed by atoms with Crippen LogP contribution in [0, 0.1) is 0 Å². The summed E-state index contributed by atoms with van der Waals surface area (Å²) in [5.41, 5.74) is 2.13. The van der Waals surface area contributed by atoms with E-state index in [1.54, 1.807) is 26.6 Å². The predicted molar refractivity (Wildman–Crippen MR) is 117 cm³/mol. The molecular weight excluding hydrogens is 398 g/mol. The van der Waals surface area contributed by atoms with Gasteiger partial charge in [-0.3, -0.25) is 9.59 Å². The lowest BCUT2D eigenvalue weighted by Gasteiger charge is -2.36. The molecule has 3 heterocycles. The number of nitrogens with zero attached hydrogens (tertiary/aromatic N) is 4. The Balaban J connectivity index is 1.49. The molecule has 1 fully saturated rings. The summed E-state index contributed by atoms with van der Waals surface area (Å²) in [6.07, 6.45) is 4.32. The zero-order chi connectivity index (χ0) is 21.8. The first-order valence-corrected chi connectivity index (χ1v) is 10.4. The van der Waals surface area contributed by atoms with E-state index in [0.29, 0.717) is 43.1 Å². The van der Waals surface area contributed by atoms with E-state index in [4.69, 9.17) is 9.47 Å². The third-order valence-electron chi connectivity index (χ3n) is 5.61. The molecule has 1 aromatic rings. The highest BCUT2D eigenvalue weighted by molar-refractivity contribution is 6.00. The summed E-state index contributed by atoms with van der Waals surface area (Å²) in [5.74, 6) is 0.716. The number of anilines is 1. The summed E-state index contributed by atoms with van der Waals surface area (Å²) in [4.78, 5) is 29.6. The summed E-state index contributed by atoms with van der Waals surface area (Å²) in [6, 6.07) is 7.93. The van der Waals surface area contributed by atoms with Crippen molar-refractivity contribution in [2.24, 2.45) is 0 Å². The lowest BCUT2D eigenvalue weighted by molar-refractivity contribution is 0.0746. The van der Waals surface area contributed by atoms with Gasteiger partial charge in [0.1, 0.15) is 11.4 Å². The minimum atomic E-state index is -0.283. The first-order chi connectivity index (χ1) is 15.1. The van der Waals surface area contributed by atoms with E-state index >= 15 is 0 Å². The Morgan fingerprint density at radius 1 is 1.10 bits per heavy atom. The fourth-order valence-corrected chi connectivity index (χ4v) is 3.90. The van der Waals surface area contributed by atoms with Crippen LogP contribution < -0.4 is 15.2 Å². The van der Waals surface area contributed by atoms with Crippen LogP contribution in [-0.2, 0) is 11.3 Å². The highest BCUT2D eigenvalue weighted by Crippen LogP contribution is 2.24. The van der Waals surface area contributed by atoms with Gasteiger partial charge in [0.25, 0.3) is 11.5 Å². The molecule has 0 unspecified atom stereocenters. The van der Waals surface area contributed by atoms with Gasteiger partial charge in [0, 0.05) is 64.5 Å². The van der Waals surface area contributed by atoms with Crippen LogP contribution in [0.25, 0.3) is 11.3 Å². The topological polar surface area (TPSA) is 92.7 Å². The third-order valence-corrected chi connectivity index (χ3v) is 5.61. The van der Waals surface area contributed by atoms with Gasteiger partial charge in [-0.05, 0) is 30.7 Å². The molecule has 3 aliphatic rings. The van der Waals surface area contributed by atoms with E-state index in [-0.39, 0.29) is 11.5 Å². The molecule has 0 spiro atoms. The van der Waals surface area contributed by atoms with Gasteiger partial charge in [-0.1, -0.05) is 0 Å². The van der Waals surface area contributed by atoms with Crippen LogP contribution in [0.1, 0.15) is 16.8 Å². The standard InChI is InChI=1S/C22H27N5O4/c1-30-13-3-8-25-14-18-20(23-24-21(18)28)19(15-25)22(29)27-11-9-26(10-12-27)16-4-6-17(31-2)7-5-16/h4-7,14-15H,3,8-13H2,1-2H3,(H,24,28). The first kappa shape index (κ1) is 20.9. The van der Waals surface area contributed by atoms with Gasteiger partial charge in [0.05, 0.1) is 18.2 Å². The van der Waals surface area contributed by atoms with Crippen molar-refractivity contribution in [2.75, 3.05) is 51.9 Å². The SMILES string of the molecule is COCCCn1cc(C(=O)N2CCN(c3ccc(OC)cc3)CC2)c2n[nH]c(=O)c-2c1. The minimum absolute atomic E-state index is 0.105. The summed E-state index contributed by atoms with van der Waals surface area (Å²) >= 11 is 0. The molecule has 164 valence electrons. The quantitative estimate of drug-likeness (QED) is 0.579. The zero-order valence-corrected chi connectivity index (χ0v) is 17.8. The second-order valence-electron chi connectivity index (χ2n) is 7.55. The second kappa shape index (κ2) is 9.22. The number of pyridine rings is 1. The van der Waals surface area contributed by atoms with Crippen LogP contribution >= 0.6 is 0 Å². The number of carbonyl (C=O) groups is 1. The highest BCUT2D eigenvalue weighted by Gasteiger charge is 2.27. The Morgan fingerprint density at radius 2 is 1.84 bits per heavy atom. The normalized spacial score (nSPS) is 14.3. The lowest BCUT2D eigenvalue weighted by atomic mass is 10.1. The van der Waals surface area contributed by atoms with Gasteiger partial charge in [-0.2, -0.15) is 5.10 Å². The van der Waals surface area contributed by atoms with E-state index in [9.17, 15) is 9.59 Å². The van der Waals surface area contributed by atoms with Crippen molar-refractivity contribution in [1.82, 2.24) is 19.7 Å². The smallest absolute Gasteiger partial charge is 0.275 e. The molecule has 1 aromatic carbocycles. The minimum Gasteiger partial charge on any atom is -0.497 e. The average Bonchev–Trinajstić information content (AvgIpc) is 3.19. The van der Waals surface area contributed by atoms with Crippen molar-refractivity contribution in [3.63, 3.8) is 0 Å². The Hall–Kier alpha value is -3.33. The number of aromatic amines is 1. The van der Waals surface area contributed by atoms with Crippen LogP contribution in [0.2, 0.25) is 0 Å². The number of fused-ring (bicyclic) bond motifs is 1. The van der Waals surface area contributed by atoms with E-state index in [2.05, 4.69) is 15.1 Å². The molecule has 0 atom stereocenters. The molecule has 9 heteroatoms. The number of aromatic nitrogens is 3. The molecular formula is C22H27N5O4. The maximum absolute atomic E-state index is 13.3. The maximum Gasteiger partial charge on any atom is 0.275 e. The van der Waals surface area contributed by atoms with Crippen molar-refractivity contribution >= 4 is 11.6 Å². The van der Waals surface area contributed by atoms with Gasteiger partial charge < -0.3 is 23.8 Å². The molecule has 1 amide bonds. The molecule has 1 saturated heterocycles. The molecule has 1 N–H and O–H groups in total. The Labute approximate surface area is 180 Å². The van der Waals surface area contributed by atoms with E-state index < -0.39 is 0 Å². The molecule has 0 aliphatic carbocycles. The average molecular weight is 425 g/mol. The predicted octanol–water partition coefficient (Wildman–Crippen LogP) is 1.68. The van der Waals surface area contributed by atoms with E-state index in [0.717, 1.165) is 30.9 Å². The van der Waals surface area contributed by atoms with Crippen molar-refractivity contribution in [2.45, 2.75) is 13.0 Å². The Kier molecular flexibility index (Phi) is 6.22. The largest absolute Gasteiger partial charge is 0.497 e. The number of amides is 1. The van der Waals surface area contributed by atoms with Crippen molar-refractivity contribution in [1.29, 1.82) is 0 Å². The Morgan fingerprint density at radius 3 is 2.52 bits per heavy atom. The number of methoxy groups -OCH3 is 2. The van der Waals surface area contributed by atoms with Crippen LogP contribution in [0.4, 0.5) is 5.69 Å². The molecule has 31 heavy (non-hydrogen) atoms. The van der Waals surface area contributed by atoms with Crippen LogP contribution in [0.15, 0.2) is 41.5 Å². The van der Waals surface area contributed by atoms with Crippen LogP contribution in [0.5, 0.6) is 5.75 Å². The number of ether oxygens (including phenoxy) is 2. The number of nitrogens with one attached hydrogen (secondary N) is 1. The van der Waals surface area contributed by atoms with Gasteiger partial charge in [0.15, 0.2) is 0 Å². The maximum atomic E-state index is 13.3. The summed E-state index contributed by atoms with van der Waals surface area (Å²) < 4.78 is 12.2. The number of piperazine rings is 1. The number of carbonyl (C=O) groups excluding carboxylic acids is 1. The van der Waals surface area contributed by atoms with Crippen LogP contribution in [0.3, 0.4) is 0 Å². The van der Waals surface area contributed by atoms with Crippen molar-refractivity contribution in [3.8, 4) is 17.0 Å². The van der Waals surface area contributed by atoms with Gasteiger partial charge in [-0.25, -0.2) is 5.10 Å². The van der Waals surface area contributed by atoms with E-state index in [1.165, 1.54) is 0 Å². The number of benzene rings is 1. The highest BCUT2D eigenvalue weighted by atomic mass is 16.5. The zero-order valence-electron chi connectivity index (χ0n) is 17.8. The molecule has 0 aromatic heterocycles. The van der Waals surface area contributed by atoms with Crippen molar-refractivity contribution in [3.05, 3.63) is 52.6 Å². The lowest BCUT2D eigenvalue weighted by Crippen LogP contribution is -2.49. The summed E-state index contributed by atoms with van der Waals surface area (Å²) in [6.45, 7) is 3.92.